The number of nitrogens with zero attached hydrogens (tertiary/aromatic N) is 2. The third-order valence-corrected chi connectivity index (χ3v) is 4.30. The number of aromatic nitrogens is 2. The summed E-state index contributed by atoms with van der Waals surface area (Å²) in [6.45, 7) is 3.55. The van der Waals surface area contributed by atoms with Crippen LogP contribution in [-0.2, 0) is 6.54 Å². The summed E-state index contributed by atoms with van der Waals surface area (Å²) in [5.74, 6) is 1.03. The molecule has 0 aliphatic carbocycles. The number of carbonyl (C=O) groups excluding carboxylic acids is 1. The summed E-state index contributed by atoms with van der Waals surface area (Å²) in [5, 5.41) is 4.87. The number of imidazole rings is 1. The number of hydrogen-bond donors (Lipinski definition) is 1. The smallest absolute Gasteiger partial charge is 0.261 e. The maximum absolute atomic E-state index is 11.8. The zero-order chi connectivity index (χ0) is 14.7. The molecule has 0 bridgehead atoms. The summed E-state index contributed by atoms with van der Waals surface area (Å²) < 4.78 is 2.20. The van der Waals surface area contributed by atoms with E-state index in [-0.39, 0.29) is 5.91 Å². The van der Waals surface area contributed by atoms with Gasteiger partial charge in [-0.1, -0.05) is 18.2 Å². The lowest BCUT2D eigenvalue weighted by atomic mass is 10.3. The normalized spacial score (nSPS) is 10.9. The van der Waals surface area contributed by atoms with Gasteiger partial charge in [0.25, 0.3) is 5.91 Å². The summed E-state index contributed by atoms with van der Waals surface area (Å²) in [5.41, 5.74) is 2.18. The van der Waals surface area contributed by atoms with Crippen molar-refractivity contribution in [2.45, 2.75) is 19.9 Å². The zero-order valence-corrected chi connectivity index (χ0v) is 12.7. The van der Waals surface area contributed by atoms with Gasteiger partial charge in [-0.2, -0.15) is 0 Å². The Labute approximate surface area is 127 Å². The molecule has 0 aliphatic rings. The summed E-state index contributed by atoms with van der Waals surface area (Å²) in [4.78, 5) is 17.1. The van der Waals surface area contributed by atoms with Crippen LogP contribution in [0.15, 0.2) is 41.8 Å². The predicted octanol–water partition coefficient (Wildman–Crippen LogP) is 3.23. The van der Waals surface area contributed by atoms with Crippen LogP contribution in [0.2, 0.25) is 0 Å². The molecular formula is C16H17N3OS. The van der Waals surface area contributed by atoms with Crippen LogP contribution in [0.3, 0.4) is 0 Å². The first-order chi connectivity index (χ1) is 10.3. The molecule has 0 fully saturated rings. The van der Waals surface area contributed by atoms with Gasteiger partial charge in [-0.05, 0) is 36.9 Å². The molecule has 0 saturated carbocycles. The predicted molar refractivity (Wildman–Crippen MR) is 85.7 cm³/mol. The van der Waals surface area contributed by atoms with Gasteiger partial charge in [0.15, 0.2) is 0 Å². The van der Waals surface area contributed by atoms with Crippen molar-refractivity contribution >= 4 is 28.3 Å². The lowest BCUT2D eigenvalue weighted by Crippen LogP contribution is -2.24. The van der Waals surface area contributed by atoms with Crippen molar-refractivity contribution in [1.82, 2.24) is 14.9 Å². The molecule has 0 unspecified atom stereocenters. The van der Waals surface area contributed by atoms with Crippen LogP contribution in [0.25, 0.3) is 11.0 Å². The molecule has 0 spiro atoms. The van der Waals surface area contributed by atoms with Gasteiger partial charge in [0.1, 0.15) is 5.82 Å². The molecule has 0 atom stereocenters. The standard InChI is InChI=1S/C16H17N3OS/c1-12-18-13-6-2-3-7-14(13)19(12)10-5-9-17-16(20)15-8-4-11-21-15/h2-4,6-8,11H,5,9-10H2,1H3,(H,17,20). The van der Waals surface area contributed by atoms with Crippen LogP contribution >= 0.6 is 11.3 Å². The Kier molecular flexibility index (Phi) is 4.01. The van der Waals surface area contributed by atoms with Crippen molar-refractivity contribution in [1.29, 1.82) is 0 Å². The molecule has 3 rings (SSSR count). The quantitative estimate of drug-likeness (QED) is 0.735. The van der Waals surface area contributed by atoms with Crippen molar-refractivity contribution in [2.75, 3.05) is 6.54 Å². The summed E-state index contributed by atoms with van der Waals surface area (Å²) in [6, 6.07) is 11.9. The summed E-state index contributed by atoms with van der Waals surface area (Å²) in [7, 11) is 0. The Hall–Kier alpha value is -2.14. The Morgan fingerprint density at radius 3 is 2.95 bits per heavy atom. The molecule has 2 heterocycles. The number of amides is 1. The molecule has 2 aromatic heterocycles. The molecular weight excluding hydrogens is 282 g/mol. The monoisotopic (exact) mass is 299 g/mol. The molecule has 0 saturated heterocycles. The molecule has 1 amide bonds. The van der Waals surface area contributed by atoms with Gasteiger partial charge in [0, 0.05) is 13.1 Å². The highest BCUT2D eigenvalue weighted by Crippen LogP contribution is 2.15. The largest absolute Gasteiger partial charge is 0.351 e. The van der Waals surface area contributed by atoms with Crippen molar-refractivity contribution in [3.63, 3.8) is 0 Å². The summed E-state index contributed by atoms with van der Waals surface area (Å²) >= 11 is 1.46. The van der Waals surface area contributed by atoms with Crippen LogP contribution in [0.5, 0.6) is 0 Å². The molecule has 4 nitrogen and oxygen atoms in total. The maximum Gasteiger partial charge on any atom is 0.261 e. The van der Waals surface area contributed by atoms with Crippen molar-refractivity contribution < 1.29 is 4.79 Å². The summed E-state index contributed by atoms with van der Waals surface area (Å²) in [6.07, 6.45) is 0.887. The number of benzene rings is 1. The lowest BCUT2D eigenvalue weighted by Gasteiger charge is -2.07. The molecule has 5 heteroatoms. The van der Waals surface area contributed by atoms with E-state index in [4.69, 9.17) is 0 Å². The Morgan fingerprint density at radius 2 is 2.14 bits per heavy atom. The fourth-order valence-electron chi connectivity index (χ4n) is 2.41. The van der Waals surface area contributed by atoms with Gasteiger partial charge < -0.3 is 9.88 Å². The highest BCUT2D eigenvalue weighted by atomic mass is 32.1. The van der Waals surface area contributed by atoms with E-state index in [1.165, 1.54) is 11.3 Å². The van der Waals surface area contributed by atoms with Crippen LogP contribution < -0.4 is 5.32 Å². The minimum Gasteiger partial charge on any atom is -0.351 e. The number of para-hydroxylation sites is 2. The van der Waals surface area contributed by atoms with Gasteiger partial charge in [0.2, 0.25) is 0 Å². The topological polar surface area (TPSA) is 46.9 Å². The van der Waals surface area contributed by atoms with Gasteiger partial charge in [-0.3, -0.25) is 4.79 Å². The zero-order valence-electron chi connectivity index (χ0n) is 11.9. The second-order valence-corrected chi connectivity index (χ2v) is 5.83. The number of fused-ring (bicyclic) bond motifs is 1. The third-order valence-electron chi connectivity index (χ3n) is 3.43. The second-order valence-electron chi connectivity index (χ2n) is 4.89. The van der Waals surface area contributed by atoms with Crippen molar-refractivity contribution in [3.8, 4) is 0 Å². The highest BCUT2D eigenvalue weighted by molar-refractivity contribution is 7.12. The van der Waals surface area contributed by atoms with E-state index in [0.717, 1.165) is 34.7 Å². The Morgan fingerprint density at radius 1 is 1.29 bits per heavy atom. The van der Waals surface area contributed by atoms with E-state index in [1.54, 1.807) is 0 Å². The van der Waals surface area contributed by atoms with E-state index in [2.05, 4.69) is 20.9 Å². The molecule has 108 valence electrons. The molecule has 0 radical (unpaired) electrons. The minimum absolute atomic E-state index is 0.0113. The van der Waals surface area contributed by atoms with Gasteiger partial charge in [0.05, 0.1) is 15.9 Å². The number of rotatable bonds is 5. The van der Waals surface area contributed by atoms with Gasteiger partial charge >= 0.3 is 0 Å². The maximum atomic E-state index is 11.8. The van der Waals surface area contributed by atoms with Gasteiger partial charge in [-0.15, -0.1) is 11.3 Å². The van der Waals surface area contributed by atoms with Crippen molar-refractivity contribution in [3.05, 3.63) is 52.5 Å². The number of nitrogens with one attached hydrogen (secondary N) is 1. The average Bonchev–Trinajstić information content (AvgIpc) is 3.11. The van der Waals surface area contributed by atoms with E-state index in [9.17, 15) is 4.79 Å². The highest BCUT2D eigenvalue weighted by Gasteiger charge is 2.07. The van der Waals surface area contributed by atoms with Crippen molar-refractivity contribution in [2.24, 2.45) is 0 Å². The van der Waals surface area contributed by atoms with Crippen LogP contribution in [0, 0.1) is 6.92 Å². The molecule has 0 aliphatic heterocycles. The Balaban J connectivity index is 1.57. The fraction of sp³-hybridized carbons (Fsp3) is 0.250. The number of aryl methyl sites for hydroxylation is 2. The first-order valence-corrected chi connectivity index (χ1v) is 7.87. The second kappa shape index (κ2) is 6.10. The average molecular weight is 299 g/mol. The minimum atomic E-state index is 0.0113. The third kappa shape index (κ3) is 2.97. The Bertz CT molecular complexity index is 746. The number of carbonyl (C=O) groups is 1. The molecule has 1 aromatic carbocycles. The van der Waals surface area contributed by atoms with Crippen LogP contribution in [0.4, 0.5) is 0 Å². The first-order valence-electron chi connectivity index (χ1n) is 6.99. The number of hydrogen-bond acceptors (Lipinski definition) is 3. The SMILES string of the molecule is Cc1nc2ccccc2n1CCCNC(=O)c1cccs1. The van der Waals surface area contributed by atoms with E-state index in [0.29, 0.717) is 6.54 Å². The van der Waals surface area contributed by atoms with Crippen LogP contribution in [-0.4, -0.2) is 22.0 Å². The van der Waals surface area contributed by atoms with E-state index >= 15 is 0 Å². The molecule has 21 heavy (non-hydrogen) atoms. The molecule has 1 N–H and O–H groups in total. The number of thiophene rings is 1. The lowest BCUT2D eigenvalue weighted by molar-refractivity contribution is 0.0957. The van der Waals surface area contributed by atoms with E-state index in [1.807, 2.05) is 42.6 Å². The fourth-order valence-corrected chi connectivity index (χ4v) is 3.05. The van der Waals surface area contributed by atoms with Crippen LogP contribution in [0.1, 0.15) is 21.9 Å². The molecule has 3 aromatic rings. The first kappa shape index (κ1) is 13.8. The van der Waals surface area contributed by atoms with Gasteiger partial charge in [-0.25, -0.2) is 4.98 Å². The van der Waals surface area contributed by atoms with E-state index < -0.39 is 0 Å².